The minimum Gasteiger partial charge on any atom is -0.462 e. The van der Waals surface area contributed by atoms with Crippen LogP contribution in [0.1, 0.15) is 17.3 Å². The molecule has 1 amide bonds. The van der Waals surface area contributed by atoms with E-state index in [0.29, 0.717) is 27.9 Å². The van der Waals surface area contributed by atoms with Crippen molar-refractivity contribution in [2.24, 2.45) is 0 Å². The fourth-order valence-electron chi connectivity index (χ4n) is 1.63. The third kappa shape index (κ3) is 4.15. The summed E-state index contributed by atoms with van der Waals surface area (Å²) in [6.45, 7) is 2.08. The fourth-order valence-corrected chi connectivity index (χ4v) is 2.81. The molecule has 0 atom stereocenters. The highest BCUT2D eigenvalue weighted by Gasteiger charge is 2.27. The minimum atomic E-state index is -0.375. The van der Waals surface area contributed by atoms with E-state index in [9.17, 15) is 9.59 Å². The highest BCUT2D eigenvalue weighted by atomic mass is 32.2. The molecule has 0 aromatic heterocycles. The Balaban J connectivity index is 1.93. The highest BCUT2D eigenvalue weighted by Crippen LogP contribution is 2.17. The number of amides is 1. The zero-order valence-corrected chi connectivity index (χ0v) is 14.1. The normalized spacial score (nSPS) is 14.0. The molecule has 0 bridgehead atoms. The van der Waals surface area contributed by atoms with Gasteiger partial charge in [-0.1, -0.05) is 24.0 Å². The minimum absolute atomic E-state index is 0.142. The Morgan fingerprint density at radius 1 is 1.41 bits per heavy atom. The van der Waals surface area contributed by atoms with Crippen LogP contribution in [0.3, 0.4) is 0 Å². The summed E-state index contributed by atoms with van der Waals surface area (Å²) in [7, 11) is 0. The molecule has 2 rings (SSSR count). The van der Waals surface area contributed by atoms with Gasteiger partial charge >= 0.3 is 5.97 Å². The van der Waals surface area contributed by atoms with Gasteiger partial charge in [-0.05, 0) is 43.4 Å². The molecule has 0 saturated carbocycles. The first-order valence-electron chi connectivity index (χ1n) is 6.35. The molecule has 1 aromatic carbocycles. The molecule has 1 aliphatic heterocycles. The average Bonchev–Trinajstić information content (AvgIpc) is 2.80. The van der Waals surface area contributed by atoms with E-state index in [0.717, 1.165) is 0 Å². The maximum atomic E-state index is 11.6. The quantitative estimate of drug-likeness (QED) is 0.627. The lowest BCUT2D eigenvalue weighted by atomic mass is 10.2. The van der Waals surface area contributed by atoms with Crippen molar-refractivity contribution in [1.82, 2.24) is 10.4 Å². The number of rotatable bonds is 4. The molecule has 1 fully saturated rings. The molecule has 1 saturated heterocycles. The Hall–Kier alpha value is -1.71. The van der Waals surface area contributed by atoms with Gasteiger partial charge in [-0.2, -0.15) is 0 Å². The van der Waals surface area contributed by atoms with Crippen molar-refractivity contribution < 1.29 is 14.3 Å². The Kier molecular flexibility index (Phi) is 5.69. The van der Waals surface area contributed by atoms with Gasteiger partial charge in [0.15, 0.2) is 9.43 Å². The second-order valence-corrected chi connectivity index (χ2v) is 6.16. The molecule has 6 nitrogen and oxygen atoms in total. The molecule has 1 aliphatic rings. The van der Waals surface area contributed by atoms with E-state index in [1.165, 1.54) is 16.8 Å². The number of ether oxygens (including phenoxy) is 1. The second kappa shape index (κ2) is 7.52. The summed E-state index contributed by atoms with van der Waals surface area (Å²) in [4.78, 5) is 23.1. The monoisotopic (exact) mass is 355 g/mol. The highest BCUT2D eigenvalue weighted by molar-refractivity contribution is 8.23. The van der Waals surface area contributed by atoms with Crippen LogP contribution in [-0.4, -0.2) is 38.7 Å². The molecule has 22 heavy (non-hydrogen) atoms. The molecule has 9 heteroatoms. The Labute approximate surface area is 142 Å². The summed E-state index contributed by atoms with van der Waals surface area (Å²) in [6, 6.07) is 6.65. The van der Waals surface area contributed by atoms with Crippen LogP contribution < -0.4 is 10.7 Å². The number of nitrogens with one attached hydrogen (secondary N) is 2. The summed E-state index contributed by atoms with van der Waals surface area (Å²) in [5.41, 5.74) is 3.87. The number of thiocarbonyl (C=S) groups is 2. The van der Waals surface area contributed by atoms with Crippen LogP contribution in [-0.2, 0) is 9.53 Å². The Morgan fingerprint density at radius 2 is 2.09 bits per heavy atom. The zero-order chi connectivity index (χ0) is 16.1. The van der Waals surface area contributed by atoms with Crippen LogP contribution in [0.4, 0.5) is 5.69 Å². The molecule has 0 aliphatic carbocycles. The lowest BCUT2D eigenvalue weighted by Crippen LogP contribution is -2.46. The van der Waals surface area contributed by atoms with Gasteiger partial charge in [0.05, 0.1) is 17.9 Å². The lowest BCUT2D eigenvalue weighted by molar-refractivity contribution is -0.125. The first-order chi connectivity index (χ1) is 10.5. The standard InChI is InChI=1S/C13H13N3O3S3/c1-2-19-11(18)8-3-5-9(6-4-8)14-12(20)15-16-10(17)7-22-13(16)21/h3-6H,2,7H2,1H3,(H2,14,15,20). The third-order valence-electron chi connectivity index (χ3n) is 2.62. The number of anilines is 1. The molecule has 2 N–H and O–H groups in total. The van der Waals surface area contributed by atoms with Crippen molar-refractivity contribution in [2.45, 2.75) is 6.92 Å². The van der Waals surface area contributed by atoms with Crippen LogP contribution in [0, 0.1) is 0 Å². The molecule has 0 unspecified atom stereocenters. The first kappa shape index (κ1) is 16.7. The number of hydrogen-bond acceptors (Lipinski definition) is 6. The smallest absolute Gasteiger partial charge is 0.338 e. The van der Waals surface area contributed by atoms with Crippen molar-refractivity contribution in [3.05, 3.63) is 29.8 Å². The summed E-state index contributed by atoms with van der Waals surface area (Å²) >= 11 is 11.4. The summed E-state index contributed by atoms with van der Waals surface area (Å²) in [5.74, 6) is -0.209. The van der Waals surface area contributed by atoms with Crippen molar-refractivity contribution in [2.75, 3.05) is 17.7 Å². The maximum absolute atomic E-state index is 11.6. The lowest BCUT2D eigenvalue weighted by Gasteiger charge is -2.18. The predicted molar refractivity (Wildman–Crippen MR) is 93.7 cm³/mol. The molecule has 116 valence electrons. The van der Waals surface area contributed by atoms with Crippen LogP contribution in [0.15, 0.2) is 24.3 Å². The molecule has 0 radical (unpaired) electrons. The SMILES string of the molecule is CCOC(=O)c1ccc(NC(=S)NN2C(=O)CSC2=S)cc1. The third-order valence-corrected chi connectivity index (χ3v) is 4.17. The Morgan fingerprint density at radius 3 is 2.64 bits per heavy atom. The fraction of sp³-hybridized carbons (Fsp3) is 0.231. The summed E-state index contributed by atoms with van der Waals surface area (Å²) in [6.07, 6.45) is 0. The van der Waals surface area contributed by atoms with Crippen LogP contribution in [0.25, 0.3) is 0 Å². The zero-order valence-electron chi connectivity index (χ0n) is 11.6. The van der Waals surface area contributed by atoms with E-state index in [2.05, 4.69) is 10.7 Å². The van der Waals surface area contributed by atoms with Gasteiger partial charge in [0.2, 0.25) is 0 Å². The molecule has 1 heterocycles. The molecule has 0 spiro atoms. The van der Waals surface area contributed by atoms with Gasteiger partial charge in [-0.3, -0.25) is 10.2 Å². The van der Waals surface area contributed by atoms with Crippen molar-refractivity contribution in [1.29, 1.82) is 0 Å². The maximum Gasteiger partial charge on any atom is 0.338 e. The van der Waals surface area contributed by atoms with Crippen molar-refractivity contribution >= 4 is 63.2 Å². The van der Waals surface area contributed by atoms with E-state index < -0.39 is 0 Å². The van der Waals surface area contributed by atoms with Crippen molar-refractivity contribution in [3.63, 3.8) is 0 Å². The van der Waals surface area contributed by atoms with E-state index >= 15 is 0 Å². The predicted octanol–water partition coefficient (Wildman–Crippen LogP) is 1.92. The van der Waals surface area contributed by atoms with E-state index in [-0.39, 0.29) is 17.0 Å². The number of esters is 1. The number of benzene rings is 1. The van der Waals surface area contributed by atoms with Crippen molar-refractivity contribution in [3.8, 4) is 0 Å². The van der Waals surface area contributed by atoms with E-state index in [1.54, 1.807) is 31.2 Å². The van der Waals surface area contributed by atoms with Crippen LogP contribution in [0.5, 0.6) is 0 Å². The molecular formula is C13H13N3O3S3. The molecular weight excluding hydrogens is 342 g/mol. The Bertz CT molecular complexity index is 603. The van der Waals surface area contributed by atoms with E-state index in [4.69, 9.17) is 29.2 Å². The second-order valence-electron chi connectivity index (χ2n) is 4.15. The number of nitrogens with zero attached hydrogens (tertiary/aromatic N) is 1. The molecule has 1 aromatic rings. The topological polar surface area (TPSA) is 70.7 Å². The number of carbonyl (C=O) groups excluding carboxylic acids is 2. The van der Waals surface area contributed by atoms with Crippen LogP contribution in [0.2, 0.25) is 0 Å². The van der Waals surface area contributed by atoms with Gasteiger partial charge in [0.1, 0.15) is 0 Å². The summed E-state index contributed by atoms with van der Waals surface area (Å²) in [5, 5.41) is 4.39. The van der Waals surface area contributed by atoms with Gasteiger partial charge in [0, 0.05) is 5.69 Å². The van der Waals surface area contributed by atoms with Gasteiger partial charge in [0.25, 0.3) is 5.91 Å². The van der Waals surface area contributed by atoms with Gasteiger partial charge < -0.3 is 10.1 Å². The average molecular weight is 355 g/mol. The number of hydrogen-bond donors (Lipinski definition) is 2. The van der Waals surface area contributed by atoms with Gasteiger partial charge in [-0.25, -0.2) is 9.80 Å². The number of hydrazine groups is 1. The van der Waals surface area contributed by atoms with E-state index in [1.807, 2.05) is 0 Å². The first-order valence-corrected chi connectivity index (χ1v) is 8.16. The number of carbonyl (C=O) groups is 2. The van der Waals surface area contributed by atoms with Gasteiger partial charge in [-0.15, -0.1) is 0 Å². The van der Waals surface area contributed by atoms with Crippen LogP contribution >= 0.6 is 36.2 Å². The number of thioether (sulfide) groups is 1. The summed E-state index contributed by atoms with van der Waals surface area (Å²) < 4.78 is 5.34. The largest absolute Gasteiger partial charge is 0.462 e.